The van der Waals surface area contributed by atoms with E-state index in [4.69, 9.17) is 4.74 Å². The van der Waals surface area contributed by atoms with E-state index >= 15 is 0 Å². The van der Waals surface area contributed by atoms with E-state index in [9.17, 15) is 14.4 Å². The Bertz CT molecular complexity index is 924. The number of carbonyl (C=O) groups is 3. The summed E-state index contributed by atoms with van der Waals surface area (Å²) < 4.78 is 5.45. The fourth-order valence-electron chi connectivity index (χ4n) is 3.75. The molecule has 4 rings (SSSR count). The molecule has 2 heterocycles. The van der Waals surface area contributed by atoms with Crippen LogP contribution in [0.15, 0.2) is 48.5 Å². The molecular weight excluding hydrogens is 344 g/mol. The summed E-state index contributed by atoms with van der Waals surface area (Å²) in [4.78, 5) is 39.0. The molecule has 2 aliphatic rings. The number of ether oxygens (including phenoxy) is 1. The van der Waals surface area contributed by atoms with Gasteiger partial charge in [-0.15, -0.1) is 0 Å². The Morgan fingerprint density at radius 1 is 1.15 bits per heavy atom. The van der Waals surface area contributed by atoms with Crippen molar-refractivity contribution >= 4 is 23.5 Å². The van der Waals surface area contributed by atoms with Crippen LogP contribution in [0.4, 0.5) is 5.69 Å². The summed E-state index contributed by atoms with van der Waals surface area (Å²) in [5, 5.41) is 2.94. The van der Waals surface area contributed by atoms with E-state index < -0.39 is 18.2 Å². The third-order valence-electron chi connectivity index (χ3n) is 5.13. The summed E-state index contributed by atoms with van der Waals surface area (Å²) >= 11 is 0. The second-order valence-corrected chi connectivity index (χ2v) is 6.70. The van der Waals surface area contributed by atoms with Crippen molar-refractivity contribution in [3.8, 4) is 0 Å². The maximum absolute atomic E-state index is 12.9. The van der Waals surface area contributed by atoms with Crippen LogP contribution in [0.3, 0.4) is 0 Å². The third kappa shape index (κ3) is 2.97. The van der Waals surface area contributed by atoms with Crippen LogP contribution in [-0.2, 0) is 20.7 Å². The minimum Gasteiger partial charge on any atom is -0.433 e. The predicted molar refractivity (Wildman–Crippen MR) is 98.9 cm³/mol. The fourth-order valence-corrected chi connectivity index (χ4v) is 3.75. The number of nitrogens with one attached hydrogen (secondary N) is 1. The van der Waals surface area contributed by atoms with Gasteiger partial charge in [-0.3, -0.25) is 14.5 Å². The number of hydrogen-bond acceptors (Lipinski definition) is 4. The van der Waals surface area contributed by atoms with Gasteiger partial charge in [0, 0.05) is 17.7 Å². The van der Waals surface area contributed by atoms with Gasteiger partial charge in [0.1, 0.15) is 6.04 Å². The minimum absolute atomic E-state index is 0.187. The number of anilines is 1. The SMILES string of the molecule is CCc1ccccc1NC(=O)[C@@H]1CCC(=O)N1C1OC(=O)c2ccccc21. The topological polar surface area (TPSA) is 75.7 Å². The number of para-hydroxylation sites is 1. The molecule has 1 saturated heterocycles. The normalized spacial score (nSPS) is 21.1. The van der Waals surface area contributed by atoms with Crippen molar-refractivity contribution in [2.75, 3.05) is 5.32 Å². The zero-order valence-corrected chi connectivity index (χ0v) is 15.0. The summed E-state index contributed by atoms with van der Waals surface area (Å²) in [6.45, 7) is 2.02. The van der Waals surface area contributed by atoms with E-state index in [1.54, 1.807) is 24.3 Å². The molecule has 27 heavy (non-hydrogen) atoms. The number of fused-ring (bicyclic) bond motifs is 1. The van der Waals surface area contributed by atoms with Crippen LogP contribution in [0.1, 0.15) is 47.5 Å². The Morgan fingerprint density at radius 3 is 2.70 bits per heavy atom. The van der Waals surface area contributed by atoms with Gasteiger partial charge >= 0.3 is 5.97 Å². The molecule has 1 fully saturated rings. The van der Waals surface area contributed by atoms with Crippen LogP contribution in [0, 0.1) is 0 Å². The Labute approximate surface area is 157 Å². The predicted octanol–water partition coefficient (Wildman–Crippen LogP) is 3.05. The summed E-state index contributed by atoms with van der Waals surface area (Å²) in [5.74, 6) is -0.915. The number of nitrogens with zero attached hydrogens (tertiary/aromatic N) is 1. The first kappa shape index (κ1) is 17.3. The maximum atomic E-state index is 12.9. The van der Waals surface area contributed by atoms with Crippen molar-refractivity contribution in [3.63, 3.8) is 0 Å². The monoisotopic (exact) mass is 364 g/mol. The van der Waals surface area contributed by atoms with Crippen LogP contribution < -0.4 is 5.32 Å². The highest BCUT2D eigenvalue weighted by molar-refractivity contribution is 6.00. The first-order valence-corrected chi connectivity index (χ1v) is 9.10. The van der Waals surface area contributed by atoms with Gasteiger partial charge in [-0.2, -0.15) is 0 Å². The van der Waals surface area contributed by atoms with Gasteiger partial charge in [0.25, 0.3) is 0 Å². The molecule has 0 spiro atoms. The summed E-state index contributed by atoms with van der Waals surface area (Å²) in [5.41, 5.74) is 2.84. The second kappa shape index (κ2) is 6.87. The number of likely N-dealkylation sites (tertiary alicyclic amines) is 1. The summed E-state index contributed by atoms with van der Waals surface area (Å²) in [7, 11) is 0. The number of benzene rings is 2. The lowest BCUT2D eigenvalue weighted by molar-refractivity contribution is -0.144. The largest absolute Gasteiger partial charge is 0.433 e. The molecular formula is C21H20N2O4. The lowest BCUT2D eigenvalue weighted by Crippen LogP contribution is -2.44. The molecule has 2 aromatic carbocycles. The molecule has 6 heteroatoms. The van der Waals surface area contributed by atoms with Gasteiger partial charge in [0.05, 0.1) is 5.56 Å². The van der Waals surface area contributed by atoms with Gasteiger partial charge in [-0.25, -0.2) is 4.79 Å². The summed E-state index contributed by atoms with van der Waals surface area (Å²) in [6, 6.07) is 13.9. The van der Waals surface area contributed by atoms with Gasteiger partial charge in [-0.1, -0.05) is 43.3 Å². The number of carbonyl (C=O) groups excluding carboxylic acids is 3. The van der Waals surface area contributed by atoms with Crippen molar-refractivity contribution in [3.05, 3.63) is 65.2 Å². The molecule has 0 aromatic heterocycles. The second-order valence-electron chi connectivity index (χ2n) is 6.70. The molecule has 1 unspecified atom stereocenters. The van der Waals surface area contributed by atoms with Gasteiger partial charge in [0.2, 0.25) is 18.0 Å². The molecule has 2 amide bonds. The van der Waals surface area contributed by atoms with Gasteiger partial charge < -0.3 is 10.1 Å². The van der Waals surface area contributed by atoms with Crippen molar-refractivity contribution in [2.45, 2.75) is 38.5 Å². The van der Waals surface area contributed by atoms with Crippen LogP contribution in [0.5, 0.6) is 0 Å². The van der Waals surface area contributed by atoms with Crippen molar-refractivity contribution in [1.82, 2.24) is 4.90 Å². The molecule has 6 nitrogen and oxygen atoms in total. The smallest absolute Gasteiger partial charge is 0.340 e. The highest BCUT2D eigenvalue weighted by Gasteiger charge is 2.46. The molecule has 138 valence electrons. The van der Waals surface area contributed by atoms with Crippen molar-refractivity contribution in [2.24, 2.45) is 0 Å². The van der Waals surface area contributed by atoms with Crippen LogP contribution in [0.25, 0.3) is 0 Å². The fraction of sp³-hybridized carbons (Fsp3) is 0.286. The number of cyclic esters (lactones) is 1. The van der Waals surface area contributed by atoms with Crippen molar-refractivity contribution < 1.29 is 19.1 Å². The van der Waals surface area contributed by atoms with E-state index in [1.807, 2.05) is 31.2 Å². The molecule has 2 atom stereocenters. The zero-order valence-electron chi connectivity index (χ0n) is 15.0. The Hall–Kier alpha value is -3.15. The molecule has 0 saturated carbocycles. The Balaban J connectivity index is 1.61. The number of rotatable bonds is 4. The number of amides is 2. The molecule has 0 bridgehead atoms. The lowest BCUT2D eigenvalue weighted by Gasteiger charge is -2.29. The average Bonchev–Trinajstić information content (AvgIpc) is 3.22. The molecule has 0 aliphatic carbocycles. The van der Waals surface area contributed by atoms with Crippen LogP contribution in [0.2, 0.25) is 0 Å². The quantitative estimate of drug-likeness (QED) is 0.846. The average molecular weight is 364 g/mol. The molecule has 2 aliphatic heterocycles. The van der Waals surface area contributed by atoms with Crippen LogP contribution in [-0.4, -0.2) is 28.7 Å². The highest BCUT2D eigenvalue weighted by Crippen LogP contribution is 2.38. The first-order valence-electron chi connectivity index (χ1n) is 9.10. The van der Waals surface area contributed by atoms with Gasteiger partial charge in [-0.05, 0) is 30.5 Å². The van der Waals surface area contributed by atoms with E-state index in [0.717, 1.165) is 17.7 Å². The maximum Gasteiger partial charge on any atom is 0.340 e. The molecule has 1 N–H and O–H groups in total. The first-order chi connectivity index (χ1) is 13.1. The molecule has 2 aromatic rings. The lowest BCUT2D eigenvalue weighted by atomic mass is 10.1. The van der Waals surface area contributed by atoms with E-state index in [2.05, 4.69) is 5.32 Å². The van der Waals surface area contributed by atoms with E-state index in [-0.39, 0.29) is 18.2 Å². The molecule has 0 radical (unpaired) electrons. The van der Waals surface area contributed by atoms with Crippen LogP contribution >= 0.6 is 0 Å². The standard InChI is InChI=1S/C21H20N2O4/c1-2-13-7-3-6-10-16(13)22-19(25)17-11-12-18(24)23(17)20-14-8-4-5-9-15(14)21(26)27-20/h3-10,17,20H,2,11-12H2,1H3,(H,22,25)/t17-,20?/m0/s1. The Kier molecular flexibility index (Phi) is 4.39. The van der Waals surface area contributed by atoms with E-state index in [0.29, 0.717) is 17.5 Å². The highest BCUT2D eigenvalue weighted by atomic mass is 16.6. The van der Waals surface area contributed by atoms with E-state index in [1.165, 1.54) is 4.90 Å². The number of hydrogen-bond donors (Lipinski definition) is 1. The van der Waals surface area contributed by atoms with Gasteiger partial charge in [0.15, 0.2) is 0 Å². The third-order valence-corrected chi connectivity index (χ3v) is 5.13. The number of aryl methyl sites for hydroxylation is 1. The van der Waals surface area contributed by atoms with Crippen molar-refractivity contribution in [1.29, 1.82) is 0 Å². The summed E-state index contributed by atoms with van der Waals surface area (Å²) in [6.07, 6.45) is 0.594. The Morgan fingerprint density at radius 2 is 1.89 bits per heavy atom. The minimum atomic E-state index is -0.846. The zero-order chi connectivity index (χ0) is 19.0. The number of esters is 1.